The lowest BCUT2D eigenvalue weighted by Crippen LogP contribution is -2.46. The highest BCUT2D eigenvalue weighted by Gasteiger charge is 2.46. The number of amides is 1. The van der Waals surface area contributed by atoms with E-state index in [4.69, 9.17) is 14.2 Å². The third-order valence-electron chi connectivity index (χ3n) is 7.71. The molecule has 0 unspecified atom stereocenters. The Morgan fingerprint density at radius 2 is 1.73 bits per heavy atom. The first-order chi connectivity index (χ1) is 18.0. The maximum atomic E-state index is 13.6. The first-order valence-electron chi connectivity index (χ1n) is 12.5. The molecule has 0 bridgehead atoms. The lowest BCUT2D eigenvalue weighted by atomic mass is 9.75. The van der Waals surface area contributed by atoms with Gasteiger partial charge in [-0.3, -0.25) is 14.5 Å². The second-order valence-electron chi connectivity index (χ2n) is 9.58. The lowest BCUT2D eigenvalue weighted by molar-refractivity contribution is -0.116. The average molecular weight is 518 g/mol. The van der Waals surface area contributed by atoms with Gasteiger partial charge in [-0.1, -0.05) is 0 Å². The minimum atomic E-state index is -0.663. The summed E-state index contributed by atoms with van der Waals surface area (Å²) in [5.41, 5.74) is 4.30. The van der Waals surface area contributed by atoms with E-state index in [9.17, 15) is 14.9 Å². The molecule has 0 radical (unpaired) electrons. The van der Waals surface area contributed by atoms with Crippen molar-refractivity contribution in [1.29, 1.82) is 5.26 Å². The van der Waals surface area contributed by atoms with Gasteiger partial charge >= 0.3 is 0 Å². The van der Waals surface area contributed by atoms with Crippen molar-refractivity contribution in [3.63, 3.8) is 0 Å². The van der Waals surface area contributed by atoms with Crippen LogP contribution in [-0.4, -0.2) is 33.0 Å². The number of thiophene rings is 1. The lowest BCUT2D eigenvalue weighted by Gasteiger charge is -2.42. The SMILES string of the molecule is COc1cc([C@@H]2C(C#N)=C3NC(=O)c4c(sc5c4CCCC5)N3C3=C2C(=O)CCC3)cc(OC)c1OC. The Morgan fingerprint density at radius 3 is 2.41 bits per heavy atom. The van der Waals surface area contributed by atoms with E-state index in [1.807, 2.05) is 4.90 Å². The third kappa shape index (κ3) is 3.39. The second kappa shape index (κ2) is 8.96. The fourth-order valence-corrected chi connectivity index (χ4v) is 7.54. The summed E-state index contributed by atoms with van der Waals surface area (Å²) in [5.74, 6) is 0.937. The summed E-state index contributed by atoms with van der Waals surface area (Å²) in [6, 6.07) is 5.92. The van der Waals surface area contributed by atoms with E-state index in [0.717, 1.165) is 48.4 Å². The fourth-order valence-electron chi connectivity index (χ4n) is 6.12. The number of hydrogen-bond acceptors (Lipinski definition) is 8. The number of rotatable bonds is 4. The van der Waals surface area contributed by atoms with Crippen LogP contribution < -0.4 is 24.4 Å². The van der Waals surface area contributed by atoms with Gasteiger partial charge in [0, 0.05) is 22.6 Å². The monoisotopic (exact) mass is 517 g/mol. The molecule has 1 atom stereocenters. The molecule has 37 heavy (non-hydrogen) atoms. The Balaban J connectivity index is 1.62. The van der Waals surface area contributed by atoms with E-state index in [-0.39, 0.29) is 11.7 Å². The van der Waals surface area contributed by atoms with Crippen LogP contribution in [0, 0.1) is 11.3 Å². The van der Waals surface area contributed by atoms with E-state index >= 15 is 0 Å². The van der Waals surface area contributed by atoms with Gasteiger partial charge in [0.05, 0.1) is 44.5 Å². The number of fused-ring (bicyclic) bond motifs is 6. The van der Waals surface area contributed by atoms with Gasteiger partial charge in [0.25, 0.3) is 5.91 Å². The maximum absolute atomic E-state index is 13.6. The van der Waals surface area contributed by atoms with Crippen LogP contribution in [0.3, 0.4) is 0 Å². The molecule has 8 nitrogen and oxygen atoms in total. The maximum Gasteiger partial charge on any atom is 0.260 e. The molecule has 9 heteroatoms. The normalized spacial score (nSPS) is 20.4. The van der Waals surface area contributed by atoms with Crippen LogP contribution in [0.25, 0.3) is 0 Å². The molecule has 1 amide bonds. The molecule has 190 valence electrons. The number of methoxy groups -OCH3 is 3. The minimum absolute atomic E-state index is 0.0200. The summed E-state index contributed by atoms with van der Waals surface area (Å²) in [5, 5.41) is 14.4. The number of anilines is 1. The molecule has 0 saturated heterocycles. The number of carbonyl (C=O) groups is 2. The molecule has 6 rings (SSSR count). The summed E-state index contributed by atoms with van der Waals surface area (Å²) in [6.45, 7) is 0. The predicted molar refractivity (Wildman–Crippen MR) is 138 cm³/mol. The number of carbonyl (C=O) groups excluding carboxylic acids is 2. The summed E-state index contributed by atoms with van der Waals surface area (Å²) < 4.78 is 16.6. The highest BCUT2D eigenvalue weighted by atomic mass is 32.1. The van der Waals surface area contributed by atoms with E-state index < -0.39 is 5.92 Å². The van der Waals surface area contributed by atoms with E-state index in [2.05, 4.69) is 11.4 Å². The number of aryl methyl sites for hydroxylation is 1. The fraction of sp³-hybridized carbons (Fsp3) is 0.393. The van der Waals surface area contributed by atoms with Gasteiger partial charge in [0.1, 0.15) is 10.8 Å². The van der Waals surface area contributed by atoms with Crippen molar-refractivity contribution in [2.75, 3.05) is 26.2 Å². The number of ketones is 1. The van der Waals surface area contributed by atoms with Crippen LogP contribution in [0.15, 0.2) is 34.8 Å². The highest BCUT2D eigenvalue weighted by Crippen LogP contribution is 2.53. The van der Waals surface area contributed by atoms with E-state index in [0.29, 0.717) is 58.2 Å². The van der Waals surface area contributed by atoms with Gasteiger partial charge in [-0.05, 0) is 61.8 Å². The van der Waals surface area contributed by atoms with Gasteiger partial charge < -0.3 is 19.5 Å². The molecule has 0 spiro atoms. The molecule has 1 aromatic carbocycles. The molecular weight excluding hydrogens is 490 g/mol. The Labute approximate surface area is 219 Å². The van der Waals surface area contributed by atoms with Gasteiger partial charge in [-0.25, -0.2) is 0 Å². The van der Waals surface area contributed by atoms with Crippen molar-refractivity contribution in [2.24, 2.45) is 0 Å². The number of allylic oxidation sites excluding steroid dienone is 3. The molecule has 4 aliphatic rings. The topological polar surface area (TPSA) is 101 Å². The quantitative estimate of drug-likeness (QED) is 0.625. The summed E-state index contributed by atoms with van der Waals surface area (Å²) in [6.07, 6.45) is 5.83. The average Bonchev–Trinajstić information content (AvgIpc) is 3.31. The van der Waals surface area contributed by atoms with Crippen LogP contribution in [0.5, 0.6) is 17.2 Å². The smallest absolute Gasteiger partial charge is 0.260 e. The number of Topliss-reactive ketones (excluding diaryl/α,β-unsaturated/α-hetero) is 1. The van der Waals surface area contributed by atoms with Crippen LogP contribution >= 0.6 is 11.3 Å². The molecule has 2 aromatic rings. The zero-order valence-electron chi connectivity index (χ0n) is 21.0. The Kier molecular flexibility index (Phi) is 5.72. The number of nitrogens with zero attached hydrogens (tertiary/aromatic N) is 2. The Hall–Kier alpha value is -3.77. The van der Waals surface area contributed by atoms with Gasteiger partial charge in [0.2, 0.25) is 5.75 Å². The number of ether oxygens (including phenoxy) is 3. The van der Waals surface area contributed by atoms with Gasteiger partial charge in [0.15, 0.2) is 17.3 Å². The molecule has 0 saturated carbocycles. The summed E-state index contributed by atoms with van der Waals surface area (Å²) in [4.78, 5) is 30.3. The first kappa shape index (κ1) is 23.6. The number of benzene rings is 1. The molecule has 2 aliphatic heterocycles. The van der Waals surface area contributed by atoms with E-state index in [1.54, 1.807) is 23.5 Å². The largest absolute Gasteiger partial charge is 0.493 e. The summed E-state index contributed by atoms with van der Waals surface area (Å²) in [7, 11) is 4.60. The second-order valence-corrected chi connectivity index (χ2v) is 10.7. The predicted octanol–water partition coefficient (Wildman–Crippen LogP) is 4.74. The molecule has 3 heterocycles. The van der Waals surface area contributed by atoms with Gasteiger partial charge in [-0.15, -0.1) is 11.3 Å². The van der Waals surface area contributed by atoms with Crippen molar-refractivity contribution in [2.45, 2.75) is 50.9 Å². The standard InChI is InChI=1S/C28H27N3O5S/c1-34-19-11-14(12-20(35-2)25(19)36-3)22-16(13-29)26-30-27(33)23-15-7-4-5-10-21(15)37-28(23)31(26)17-8-6-9-18(32)24(17)22/h11-12,22H,4-10H2,1-3H3,(H,30,33)/t22-/m1/s1. The number of nitrogens with one attached hydrogen (secondary N) is 1. The van der Waals surface area contributed by atoms with E-state index in [1.165, 1.54) is 26.2 Å². The van der Waals surface area contributed by atoms with Crippen LogP contribution in [0.2, 0.25) is 0 Å². The Morgan fingerprint density at radius 1 is 1.00 bits per heavy atom. The van der Waals surface area contributed by atoms with Gasteiger partial charge in [-0.2, -0.15) is 5.26 Å². The van der Waals surface area contributed by atoms with Crippen molar-refractivity contribution in [3.05, 3.63) is 56.4 Å². The molecular formula is C28H27N3O5S. The first-order valence-corrected chi connectivity index (χ1v) is 13.3. The van der Waals surface area contributed by atoms with Crippen molar-refractivity contribution >= 4 is 28.0 Å². The number of hydrogen-bond donors (Lipinski definition) is 1. The molecule has 1 aromatic heterocycles. The Bertz CT molecular complexity index is 1440. The molecule has 0 fully saturated rings. The third-order valence-corrected chi connectivity index (χ3v) is 8.99. The zero-order valence-corrected chi connectivity index (χ0v) is 21.8. The highest BCUT2D eigenvalue weighted by molar-refractivity contribution is 7.17. The minimum Gasteiger partial charge on any atom is -0.493 e. The zero-order chi connectivity index (χ0) is 25.8. The van der Waals surface area contributed by atoms with Crippen LogP contribution in [-0.2, 0) is 17.6 Å². The molecule has 1 N–H and O–H groups in total. The van der Waals surface area contributed by atoms with Crippen molar-refractivity contribution < 1.29 is 23.8 Å². The van der Waals surface area contributed by atoms with Crippen LogP contribution in [0.1, 0.15) is 64.4 Å². The number of nitriles is 1. The van der Waals surface area contributed by atoms with Crippen molar-refractivity contribution in [1.82, 2.24) is 5.32 Å². The van der Waals surface area contributed by atoms with Crippen molar-refractivity contribution in [3.8, 4) is 23.3 Å². The summed E-state index contributed by atoms with van der Waals surface area (Å²) >= 11 is 1.63. The van der Waals surface area contributed by atoms with Crippen LogP contribution in [0.4, 0.5) is 5.00 Å². The molecule has 2 aliphatic carbocycles.